The minimum Gasteiger partial charge on any atom is -0.265 e. The molecule has 2 rings (SSSR count). The highest BCUT2D eigenvalue weighted by Crippen LogP contribution is 2.26. The average Bonchev–Trinajstić information content (AvgIpc) is 2.55. The molecule has 0 radical (unpaired) electrons. The smallest absolute Gasteiger partial charge is 0.190 e. The summed E-state index contributed by atoms with van der Waals surface area (Å²) in [5.74, 6) is 0.751. The summed E-state index contributed by atoms with van der Waals surface area (Å²) in [5, 5.41) is 8.63. The second-order valence-corrected chi connectivity index (χ2v) is 3.78. The Morgan fingerprint density at radius 1 is 1.55 bits per heavy atom. The Labute approximate surface area is 75.6 Å². The number of halogens is 1. The molecule has 11 heavy (non-hydrogen) atoms. The Morgan fingerprint density at radius 3 is 3.00 bits per heavy atom. The van der Waals surface area contributed by atoms with E-state index in [1.807, 2.05) is 11.4 Å². The summed E-state index contributed by atoms with van der Waals surface area (Å²) in [7, 11) is 0. The average molecular weight is 230 g/mol. The van der Waals surface area contributed by atoms with Gasteiger partial charge in [0.2, 0.25) is 0 Å². The Bertz CT molecular complexity index is 340. The van der Waals surface area contributed by atoms with Gasteiger partial charge in [-0.1, -0.05) is 0 Å². The van der Waals surface area contributed by atoms with E-state index in [1.54, 1.807) is 17.7 Å². The second-order valence-electron chi connectivity index (χ2n) is 1.95. The minimum absolute atomic E-state index is 0.751. The van der Waals surface area contributed by atoms with Crippen molar-refractivity contribution in [1.82, 2.24) is 15.2 Å². The Kier molecular flexibility index (Phi) is 1.75. The zero-order valence-electron chi connectivity index (χ0n) is 5.41. The lowest BCUT2D eigenvalue weighted by Crippen LogP contribution is -1.73. The molecule has 56 valence electrons. The predicted molar refractivity (Wildman–Crippen MR) is 47.4 cm³/mol. The Morgan fingerprint density at radius 2 is 2.45 bits per heavy atom. The molecule has 0 aliphatic rings. The molecule has 2 aromatic heterocycles. The second kappa shape index (κ2) is 2.75. The molecule has 1 N–H and O–H groups in total. The van der Waals surface area contributed by atoms with Gasteiger partial charge in [-0.25, -0.2) is 4.98 Å². The van der Waals surface area contributed by atoms with Crippen LogP contribution in [0.2, 0.25) is 0 Å². The highest BCUT2D eigenvalue weighted by Gasteiger charge is 2.02. The van der Waals surface area contributed by atoms with Gasteiger partial charge in [0, 0.05) is 9.85 Å². The number of nitrogens with one attached hydrogen (secondary N) is 1. The number of hydrogen-bond acceptors (Lipinski definition) is 3. The van der Waals surface area contributed by atoms with E-state index in [0.717, 1.165) is 15.2 Å². The van der Waals surface area contributed by atoms with Crippen molar-refractivity contribution in [1.29, 1.82) is 0 Å². The zero-order chi connectivity index (χ0) is 7.68. The molecule has 0 aliphatic carbocycles. The summed E-state index contributed by atoms with van der Waals surface area (Å²) in [5.41, 5.74) is 0. The van der Waals surface area contributed by atoms with E-state index < -0.39 is 0 Å². The maximum Gasteiger partial charge on any atom is 0.190 e. The number of H-pyrrole nitrogens is 1. The largest absolute Gasteiger partial charge is 0.265 e. The number of rotatable bonds is 1. The fourth-order valence-electron chi connectivity index (χ4n) is 0.758. The fourth-order valence-corrected chi connectivity index (χ4v) is 2.13. The molecule has 0 aromatic carbocycles. The van der Waals surface area contributed by atoms with Crippen LogP contribution in [-0.4, -0.2) is 15.2 Å². The molecular weight excluding hydrogens is 226 g/mol. The van der Waals surface area contributed by atoms with Crippen LogP contribution in [0.25, 0.3) is 10.7 Å². The van der Waals surface area contributed by atoms with Gasteiger partial charge in [0.15, 0.2) is 5.82 Å². The predicted octanol–water partition coefficient (Wildman–Crippen LogP) is 2.30. The van der Waals surface area contributed by atoms with E-state index in [0.29, 0.717) is 0 Å². The fraction of sp³-hybridized carbons (Fsp3) is 0. The van der Waals surface area contributed by atoms with Gasteiger partial charge in [-0.05, 0) is 22.0 Å². The molecule has 0 aliphatic heterocycles. The van der Waals surface area contributed by atoms with Gasteiger partial charge < -0.3 is 0 Å². The number of aromatic nitrogens is 3. The standard InChI is InChI=1S/C6H4BrN3S/c7-4-1-5(11-2-4)6-8-3-9-10-6/h1-3H,(H,8,9,10). The topological polar surface area (TPSA) is 41.6 Å². The van der Waals surface area contributed by atoms with Gasteiger partial charge in [0.25, 0.3) is 0 Å². The van der Waals surface area contributed by atoms with Crippen LogP contribution in [0, 0.1) is 0 Å². The summed E-state index contributed by atoms with van der Waals surface area (Å²) in [4.78, 5) is 5.09. The van der Waals surface area contributed by atoms with Gasteiger partial charge in [0.05, 0.1) is 4.88 Å². The van der Waals surface area contributed by atoms with Gasteiger partial charge in [-0.15, -0.1) is 11.3 Å². The van der Waals surface area contributed by atoms with E-state index in [1.165, 1.54) is 0 Å². The number of nitrogens with zero attached hydrogens (tertiary/aromatic N) is 2. The quantitative estimate of drug-likeness (QED) is 0.816. The molecule has 0 unspecified atom stereocenters. The van der Waals surface area contributed by atoms with E-state index >= 15 is 0 Å². The van der Waals surface area contributed by atoms with Crippen LogP contribution in [0.3, 0.4) is 0 Å². The van der Waals surface area contributed by atoms with E-state index in [4.69, 9.17) is 0 Å². The first-order chi connectivity index (χ1) is 5.36. The molecule has 5 heteroatoms. The van der Waals surface area contributed by atoms with Crippen molar-refractivity contribution < 1.29 is 0 Å². The monoisotopic (exact) mass is 229 g/mol. The molecule has 2 heterocycles. The molecule has 0 spiro atoms. The maximum absolute atomic E-state index is 4.02. The van der Waals surface area contributed by atoms with Crippen molar-refractivity contribution in [2.24, 2.45) is 0 Å². The Balaban J connectivity index is 2.45. The zero-order valence-corrected chi connectivity index (χ0v) is 7.82. The van der Waals surface area contributed by atoms with Gasteiger partial charge >= 0.3 is 0 Å². The third kappa shape index (κ3) is 1.34. The molecular formula is C6H4BrN3S. The minimum atomic E-state index is 0.751. The van der Waals surface area contributed by atoms with Crippen LogP contribution in [0.15, 0.2) is 22.2 Å². The SMILES string of the molecule is Brc1csc(-c2nc[nH]n2)c1. The maximum atomic E-state index is 4.02. The van der Waals surface area contributed by atoms with Crippen molar-refractivity contribution >= 4 is 27.3 Å². The molecule has 0 amide bonds. The lowest BCUT2D eigenvalue weighted by Gasteiger charge is -1.82. The normalized spacial score (nSPS) is 10.3. The lowest BCUT2D eigenvalue weighted by atomic mass is 10.4. The molecule has 0 saturated heterocycles. The summed E-state index contributed by atoms with van der Waals surface area (Å²) in [6.45, 7) is 0. The third-order valence-corrected chi connectivity index (χ3v) is 2.89. The van der Waals surface area contributed by atoms with Crippen molar-refractivity contribution in [3.8, 4) is 10.7 Å². The number of aromatic amines is 1. The first-order valence-corrected chi connectivity index (χ1v) is 4.64. The van der Waals surface area contributed by atoms with Crippen LogP contribution < -0.4 is 0 Å². The first-order valence-electron chi connectivity index (χ1n) is 2.96. The molecule has 0 bridgehead atoms. The summed E-state index contributed by atoms with van der Waals surface area (Å²) < 4.78 is 1.07. The van der Waals surface area contributed by atoms with E-state index in [-0.39, 0.29) is 0 Å². The highest BCUT2D eigenvalue weighted by atomic mass is 79.9. The highest BCUT2D eigenvalue weighted by molar-refractivity contribution is 9.10. The van der Waals surface area contributed by atoms with Crippen molar-refractivity contribution in [3.05, 3.63) is 22.2 Å². The van der Waals surface area contributed by atoms with Crippen molar-refractivity contribution in [2.75, 3.05) is 0 Å². The lowest BCUT2D eigenvalue weighted by molar-refractivity contribution is 1.10. The molecule has 0 fully saturated rings. The Hall–Kier alpha value is -0.680. The number of thiophene rings is 1. The number of hydrogen-bond donors (Lipinski definition) is 1. The van der Waals surface area contributed by atoms with Crippen molar-refractivity contribution in [2.45, 2.75) is 0 Å². The van der Waals surface area contributed by atoms with Crippen LogP contribution in [0.4, 0.5) is 0 Å². The van der Waals surface area contributed by atoms with E-state index in [9.17, 15) is 0 Å². The van der Waals surface area contributed by atoms with Crippen LogP contribution in [0.5, 0.6) is 0 Å². The molecule has 2 aromatic rings. The van der Waals surface area contributed by atoms with Crippen LogP contribution in [0.1, 0.15) is 0 Å². The summed E-state index contributed by atoms with van der Waals surface area (Å²) in [6.07, 6.45) is 1.57. The van der Waals surface area contributed by atoms with Gasteiger partial charge in [0.1, 0.15) is 6.33 Å². The van der Waals surface area contributed by atoms with E-state index in [2.05, 4.69) is 31.1 Å². The molecule has 0 saturated carbocycles. The van der Waals surface area contributed by atoms with Crippen LogP contribution >= 0.6 is 27.3 Å². The molecule has 3 nitrogen and oxygen atoms in total. The first kappa shape index (κ1) is 7.00. The third-order valence-electron chi connectivity index (χ3n) is 1.20. The van der Waals surface area contributed by atoms with Crippen molar-refractivity contribution in [3.63, 3.8) is 0 Å². The summed E-state index contributed by atoms with van der Waals surface area (Å²) in [6, 6.07) is 1.99. The van der Waals surface area contributed by atoms with Gasteiger partial charge in [-0.2, -0.15) is 5.10 Å². The molecule has 0 atom stereocenters. The summed E-state index contributed by atoms with van der Waals surface area (Å²) >= 11 is 4.98. The van der Waals surface area contributed by atoms with Crippen LogP contribution in [-0.2, 0) is 0 Å². The van der Waals surface area contributed by atoms with Gasteiger partial charge in [-0.3, -0.25) is 5.10 Å².